The van der Waals surface area contributed by atoms with Gasteiger partial charge in [0, 0.05) is 5.75 Å². The van der Waals surface area contributed by atoms with Gasteiger partial charge in [-0.3, -0.25) is 0 Å². The van der Waals surface area contributed by atoms with E-state index in [0.717, 1.165) is 11.7 Å². The molecule has 0 aromatic heterocycles. The Hall–Kier alpha value is 0.350. The number of hydrogen-bond donors (Lipinski definition) is 0. The zero-order valence-electron chi connectivity index (χ0n) is 12.2. The summed E-state index contributed by atoms with van der Waals surface area (Å²) >= 11 is 5.05. The molecule has 0 aromatic rings. The van der Waals surface area contributed by atoms with Crippen molar-refractivity contribution in [2.75, 3.05) is 5.75 Å². The number of rotatable bonds is 13. The van der Waals surface area contributed by atoms with Crippen LogP contribution in [0.1, 0.15) is 90.9 Å². The molecule has 0 N–H and O–H groups in total. The molecule has 1 heteroatoms. The zero-order chi connectivity index (χ0) is 12.8. The molecular formula is C16H33S. The molecule has 0 saturated heterocycles. The minimum atomic E-state index is 0.956. The molecule has 0 saturated carbocycles. The van der Waals surface area contributed by atoms with Crippen LogP contribution < -0.4 is 0 Å². The van der Waals surface area contributed by atoms with Gasteiger partial charge in [-0.15, -0.1) is 0 Å². The molecule has 1 atom stereocenters. The highest BCUT2D eigenvalue weighted by molar-refractivity contribution is 7.80. The highest BCUT2D eigenvalue weighted by Crippen LogP contribution is 2.21. The van der Waals surface area contributed by atoms with E-state index in [1.807, 2.05) is 0 Å². The Morgan fingerprint density at radius 1 is 0.647 bits per heavy atom. The van der Waals surface area contributed by atoms with Crippen LogP contribution in [-0.2, 0) is 0 Å². The molecule has 0 rings (SSSR count). The van der Waals surface area contributed by atoms with Crippen LogP contribution in [-0.4, -0.2) is 5.75 Å². The first-order chi connectivity index (χ1) is 8.35. The zero-order valence-corrected chi connectivity index (χ0v) is 13.0. The minimum Gasteiger partial charge on any atom is -0.0942 e. The molecule has 1 radical (unpaired) electrons. The van der Waals surface area contributed by atoms with Gasteiger partial charge in [-0.2, -0.15) is 0 Å². The van der Waals surface area contributed by atoms with Gasteiger partial charge in [0.2, 0.25) is 0 Å². The smallest absolute Gasteiger partial charge is 0.00370 e. The van der Waals surface area contributed by atoms with Gasteiger partial charge in [0.05, 0.1) is 0 Å². The van der Waals surface area contributed by atoms with Gasteiger partial charge >= 0.3 is 0 Å². The first-order valence-corrected chi connectivity index (χ1v) is 8.50. The molecule has 0 spiro atoms. The molecule has 17 heavy (non-hydrogen) atoms. The molecule has 0 aromatic carbocycles. The van der Waals surface area contributed by atoms with E-state index in [1.54, 1.807) is 0 Å². The van der Waals surface area contributed by atoms with Gasteiger partial charge in [-0.1, -0.05) is 90.7 Å². The standard InChI is InChI=1S/C16H33S/c1-3-5-6-7-8-9-10-13-16(12-4-2)14-11-15-17/h16H,3-15H2,1-2H3. The molecule has 0 bridgehead atoms. The highest BCUT2D eigenvalue weighted by atomic mass is 32.1. The lowest BCUT2D eigenvalue weighted by atomic mass is 9.92. The van der Waals surface area contributed by atoms with Crippen molar-refractivity contribution in [3.05, 3.63) is 0 Å². The average Bonchev–Trinajstić information content (AvgIpc) is 2.34. The van der Waals surface area contributed by atoms with E-state index in [1.165, 1.54) is 77.0 Å². The monoisotopic (exact) mass is 257 g/mol. The minimum absolute atomic E-state index is 0.956. The third-order valence-electron chi connectivity index (χ3n) is 3.67. The van der Waals surface area contributed by atoms with Crippen LogP contribution >= 0.6 is 12.6 Å². The largest absolute Gasteiger partial charge is 0.0942 e. The van der Waals surface area contributed by atoms with Crippen molar-refractivity contribution < 1.29 is 0 Å². The Labute approximate surface area is 115 Å². The third kappa shape index (κ3) is 12.6. The fourth-order valence-electron chi connectivity index (χ4n) is 2.60. The lowest BCUT2D eigenvalue weighted by molar-refractivity contribution is 0.392. The lowest BCUT2D eigenvalue weighted by Crippen LogP contribution is -2.01. The summed E-state index contributed by atoms with van der Waals surface area (Å²) in [6.45, 7) is 4.60. The Balaban J connectivity index is 3.34. The second-order valence-corrected chi connectivity index (χ2v) is 5.82. The van der Waals surface area contributed by atoms with Crippen molar-refractivity contribution in [2.24, 2.45) is 5.92 Å². The molecule has 0 aliphatic rings. The molecular weight excluding hydrogens is 224 g/mol. The predicted octanol–water partition coefficient (Wildman–Crippen LogP) is 6.52. The van der Waals surface area contributed by atoms with Gasteiger partial charge in [0.15, 0.2) is 0 Å². The highest BCUT2D eigenvalue weighted by Gasteiger charge is 2.06. The summed E-state index contributed by atoms with van der Waals surface area (Å²) < 4.78 is 0. The third-order valence-corrected chi connectivity index (χ3v) is 3.96. The van der Waals surface area contributed by atoms with Crippen LogP contribution in [0.2, 0.25) is 0 Å². The summed E-state index contributed by atoms with van der Waals surface area (Å²) in [6.07, 6.45) is 16.9. The first-order valence-electron chi connectivity index (χ1n) is 7.93. The van der Waals surface area contributed by atoms with Crippen LogP contribution in [0, 0.1) is 5.92 Å². The fourth-order valence-corrected chi connectivity index (χ4v) is 2.77. The van der Waals surface area contributed by atoms with Gasteiger partial charge in [-0.05, 0) is 18.8 Å². The maximum absolute atomic E-state index is 5.05. The average molecular weight is 258 g/mol. The van der Waals surface area contributed by atoms with Crippen molar-refractivity contribution in [1.82, 2.24) is 0 Å². The predicted molar refractivity (Wildman–Crippen MR) is 82.7 cm³/mol. The number of hydrogen-bond acceptors (Lipinski definition) is 0. The van der Waals surface area contributed by atoms with Gasteiger partial charge in [-0.25, -0.2) is 0 Å². The van der Waals surface area contributed by atoms with Crippen molar-refractivity contribution in [2.45, 2.75) is 90.9 Å². The summed E-state index contributed by atoms with van der Waals surface area (Å²) in [5.41, 5.74) is 0. The van der Waals surface area contributed by atoms with Gasteiger partial charge < -0.3 is 0 Å². The van der Waals surface area contributed by atoms with Gasteiger partial charge in [0.1, 0.15) is 0 Å². The van der Waals surface area contributed by atoms with E-state index >= 15 is 0 Å². The maximum atomic E-state index is 5.05. The summed E-state index contributed by atoms with van der Waals surface area (Å²) in [5.74, 6) is 1.93. The Morgan fingerprint density at radius 3 is 1.82 bits per heavy atom. The van der Waals surface area contributed by atoms with Crippen LogP contribution in [0.15, 0.2) is 0 Å². The summed E-state index contributed by atoms with van der Waals surface area (Å²) in [6, 6.07) is 0. The lowest BCUT2D eigenvalue weighted by Gasteiger charge is -2.15. The van der Waals surface area contributed by atoms with Crippen molar-refractivity contribution in [1.29, 1.82) is 0 Å². The molecule has 0 aliphatic heterocycles. The Bertz CT molecular complexity index is 133. The fraction of sp³-hybridized carbons (Fsp3) is 1.00. The van der Waals surface area contributed by atoms with Crippen molar-refractivity contribution in [3.8, 4) is 0 Å². The molecule has 0 amide bonds. The first kappa shape index (κ1) is 17.4. The Morgan fingerprint density at radius 2 is 1.24 bits per heavy atom. The van der Waals surface area contributed by atoms with E-state index in [0.29, 0.717) is 0 Å². The molecule has 1 unspecified atom stereocenters. The topological polar surface area (TPSA) is 0 Å². The second-order valence-electron chi connectivity index (χ2n) is 5.41. The molecule has 0 fully saturated rings. The summed E-state index contributed by atoms with van der Waals surface area (Å²) in [4.78, 5) is 0. The van der Waals surface area contributed by atoms with Crippen LogP contribution in [0.3, 0.4) is 0 Å². The molecule has 103 valence electrons. The van der Waals surface area contributed by atoms with E-state index in [-0.39, 0.29) is 0 Å². The summed E-state index contributed by atoms with van der Waals surface area (Å²) in [7, 11) is 0. The molecule has 0 aliphatic carbocycles. The van der Waals surface area contributed by atoms with Crippen molar-refractivity contribution in [3.63, 3.8) is 0 Å². The summed E-state index contributed by atoms with van der Waals surface area (Å²) in [5, 5.41) is 0. The number of unbranched alkanes of at least 4 members (excludes halogenated alkanes) is 6. The molecule has 0 heterocycles. The second kappa shape index (κ2) is 14.4. The van der Waals surface area contributed by atoms with E-state index in [2.05, 4.69) is 13.8 Å². The van der Waals surface area contributed by atoms with E-state index in [9.17, 15) is 0 Å². The van der Waals surface area contributed by atoms with Crippen LogP contribution in [0.25, 0.3) is 0 Å². The van der Waals surface area contributed by atoms with E-state index in [4.69, 9.17) is 12.6 Å². The van der Waals surface area contributed by atoms with Crippen LogP contribution in [0.5, 0.6) is 0 Å². The molecule has 0 nitrogen and oxygen atoms in total. The van der Waals surface area contributed by atoms with Gasteiger partial charge in [0.25, 0.3) is 0 Å². The quantitative estimate of drug-likeness (QED) is 0.329. The van der Waals surface area contributed by atoms with E-state index < -0.39 is 0 Å². The van der Waals surface area contributed by atoms with Crippen molar-refractivity contribution >= 4 is 12.6 Å². The van der Waals surface area contributed by atoms with Crippen LogP contribution in [0.4, 0.5) is 0 Å². The SMILES string of the molecule is CCCCCCCCCC(CCC)CCC[S]. The Kier molecular flexibility index (Phi) is 14.7. The maximum Gasteiger partial charge on any atom is 0.00370 e. The normalized spacial score (nSPS) is 12.9.